The lowest BCUT2D eigenvalue weighted by Crippen LogP contribution is -2.22. The SMILES string of the molecule is COc1ccc(Cl)cc1NC(=O)CSc1nccn(-c2cccc(C)c2)c1=O. The molecule has 0 spiro atoms. The first kappa shape index (κ1) is 20.0. The van der Waals surface area contributed by atoms with Gasteiger partial charge in [-0.05, 0) is 42.8 Å². The maximum Gasteiger partial charge on any atom is 0.287 e. The average molecular weight is 416 g/mol. The second kappa shape index (κ2) is 8.95. The van der Waals surface area contributed by atoms with Crippen LogP contribution in [0.25, 0.3) is 5.69 Å². The molecule has 0 saturated heterocycles. The molecule has 2 aromatic carbocycles. The molecule has 0 radical (unpaired) electrons. The molecule has 3 aromatic rings. The van der Waals surface area contributed by atoms with E-state index in [1.165, 1.54) is 11.7 Å². The van der Waals surface area contributed by atoms with Gasteiger partial charge in [-0.1, -0.05) is 35.5 Å². The lowest BCUT2D eigenvalue weighted by molar-refractivity contribution is -0.113. The van der Waals surface area contributed by atoms with Gasteiger partial charge in [0.05, 0.1) is 18.6 Å². The van der Waals surface area contributed by atoms with Crippen LogP contribution < -0.4 is 15.6 Å². The maximum atomic E-state index is 12.7. The molecule has 0 atom stereocenters. The van der Waals surface area contributed by atoms with Gasteiger partial charge in [0.15, 0.2) is 5.03 Å². The van der Waals surface area contributed by atoms with Gasteiger partial charge in [0.1, 0.15) is 5.75 Å². The van der Waals surface area contributed by atoms with Gasteiger partial charge in [0, 0.05) is 23.1 Å². The summed E-state index contributed by atoms with van der Waals surface area (Å²) in [4.78, 5) is 29.1. The van der Waals surface area contributed by atoms with Crippen LogP contribution in [0.4, 0.5) is 5.69 Å². The summed E-state index contributed by atoms with van der Waals surface area (Å²) >= 11 is 7.05. The highest BCUT2D eigenvalue weighted by Gasteiger charge is 2.12. The number of nitrogens with zero attached hydrogens (tertiary/aromatic N) is 2. The van der Waals surface area contributed by atoms with Crippen LogP contribution >= 0.6 is 23.4 Å². The van der Waals surface area contributed by atoms with Gasteiger partial charge < -0.3 is 10.1 Å². The Bertz CT molecular complexity index is 1070. The van der Waals surface area contributed by atoms with E-state index in [0.717, 1.165) is 23.0 Å². The summed E-state index contributed by atoms with van der Waals surface area (Å²) in [5.41, 5.74) is 2.00. The van der Waals surface area contributed by atoms with Crippen molar-refractivity contribution in [1.82, 2.24) is 9.55 Å². The molecule has 144 valence electrons. The molecule has 0 unspecified atom stereocenters. The number of nitrogens with one attached hydrogen (secondary N) is 1. The molecule has 0 fully saturated rings. The minimum atomic E-state index is -0.294. The number of carbonyl (C=O) groups is 1. The van der Waals surface area contributed by atoms with Gasteiger partial charge in [0.2, 0.25) is 5.91 Å². The number of ether oxygens (including phenoxy) is 1. The van der Waals surface area contributed by atoms with E-state index < -0.39 is 0 Å². The van der Waals surface area contributed by atoms with E-state index in [1.54, 1.807) is 30.6 Å². The van der Waals surface area contributed by atoms with Crippen molar-refractivity contribution in [2.75, 3.05) is 18.2 Å². The van der Waals surface area contributed by atoms with Crippen LogP contribution in [0.1, 0.15) is 5.56 Å². The van der Waals surface area contributed by atoms with E-state index in [9.17, 15) is 9.59 Å². The summed E-state index contributed by atoms with van der Waals surface area (Å²) < 4.78 is 6.73. The zero-order chi connectivity index (χ0) is 20.1. The van der Waals surface area contributed by atoms with Crippen molar-refractivity contribution in [3.63, 3.8) is 0 Å². The fraction of sp³-hybridized carbons (Fsp3) is 0.150. The second-order valence-corrected chi connectivity index (χ2v) is 7.33. The molecule has 28 heavy (non-hydrogen) atoms. The van der Waals surface area contributed by atoms with Gasteiger partial charge in [-0.2, -0.15) is 0 Å². The Morgan fingerprint density at radius 3 is 2.86 bits per heavy atom. The lowest BCUT2D eigenvalue weighted by Gasteiger charge is -2.11. The molecule has 8 heteroatoms. The van der Waals surface area contributed by atoms with Crippen LogP contribution in [0.3, 0.4) is 0 Å². The monoisotopic (exact) mass is 415 g/mol. The third kappa shape index (κ3) is 4.74. The van der Waals surface area contributed by atoms with Gasteiger partial charge in [-0.15, -0.1) is 0 Å². The van der Waals surface area contributed by atoms with E-state index in [-0.39, 0.29) is 22.2 Å². The zero-order valence-corrected chi connectivity index (χ0v) is 16.9. The van der Waals surface area contributed by atoms with Crippen LogP contribution in [0.5, 0.6) is 5.75 Å². The molecule has 1 N–H and O–H groups in total. The van der Waals surface area contributed by atoms with Crippen molar-refractivity contribution in [3.8, 4) is 11.4 Å². The summed E-state index contributed by atoms with van der Waals surface area (Å²) in [6.07, 6.45) is 3.15. The van der Waals surface area contributed by atoms with E-state index in [2.05, 4.69) is 10.3 Å². The molecule has 1 aromatic heterocycles. The first-order valence-corrected chi connectivity index (χ1v) is 9.75. The number of carbonyl (C=O) groups excluding carboxylic acids is 1. The normalized spacial score (nSPS) is 10.5. The fourth-order valence-electron chi connectivity index (χ4n) is 2.57. The third-order valence-electron chi connectivity index (χ3n) is 3.86. The second-order valence-electron chi connectivity index (χ2n) is 5.93. The summed E-state index contributed by atoms with van der Waals surface area (Å²) in [5, 5.41) is 3.47. The summed E-state index contributed by atoms with van der Waals surface area (Å²) in [6, 6.07) is 12.6. The summed E-state index contributed by atoms with van der Waals surface area (Å²) in [7, 11) is 1.51. The number of methoxy groups -OCH3 is 1. The molecule has 6 nitrogen and oxygen atoms in total. The first-order chi connectivity index (χ1) is 13.5. The average Bonchev–Trinajstić information content (AvgIpc) is 2.67. The fourth-order valence-corrected chi connectivity index (χ4v) is 3.44. The molecule has 0 aliphatic heterocycles. The van der Waals surface area contributed by atoms with E-state index in [0.29, 0.717) is 16.5 Å². The number of rotatable bonds is 6. The van der Waals surface area contributed by atoms with Crippen LogP contribution in [-0.4, -0.2) is 28.3 Å². The Balaban J connectivity index is 1.73. The van der Waals surface area contributed by atoms with Crippen LogP contribution in [0.2, 0.25) is 5.02 Å². The molecular formula is C20H18ClN3O3S. The minimum Gasteiger partial charge on any atom is -0.495 e. The Kier molecular flexibility index (Phi) is 6.38. The van der Waals surface area contributed by atoms with E-state index >= 15 is 0 Å². The Morgan fingerprint density at radius 2 is 2.11 bits per heavy atom. The first-order valence-electron chi connectivity index (χ1n) is 8.39. The summed E-state index contributed by atoms with van der Waals surface area (Å²) in [6.45, 7) is 1.96. The summed E-state index contributed by atoms with van der Waals surface area (Å²) in [5.74, 6) is 0.232. The van der Waals surface area contributed by atoms with Crippen molar-refractivity contribution >= 4 is 35.0 Å². The van der Waals surface area contributed by atoms with Gasteiger partial charge >= 0.3 is 0 Å². The standard InChI is InChI=1S/C20H18ClN3O3S/c1-13-4-3-5-15(10-13)24-9-8-22-19(20(24)26)28-12-18(25)23-16-11-14(21)6-7-17(16)27-2/h3-11H,12H2,1-2H3,(H,23,25). The molecule has 0 saturated carbocycles. The minimum absolute atomic E-state index is 0.0236. The van der Waals surface area contributed by atoms with Crippen LogP contribution in [-0.2, 0) is 4.79 Å². The van der Waals surface area contributed by atoms with E-state index in [1.807, 2.05) is 31.2 Å². The predicted molar refractivity (Wildman–Crippen MR) is 112 cm³/mol. The number of thioether (sulfide) groups is 1. The number of benzene rings is 2. The zero-order valence-electron chi connectivity index (χ0n) is 15.3. The molecule has 0 bridgehead atoms. The molecule has 0 aliphatic carbocycles. The third-order valence-corrected chi connectivity index (χ3v) is 5.06. The maximum absolute atomic E-state index is 12.7. The van der Waals surface area contributed by atoms with Crippen molar-refractivity contribution in [2.45, 2.75) is 11.9 Å². The number of aryl methyl sites for hydroxylation is 1. The van der Waals surface area contributed by atoms with Crippen molar-refractivity contribution in [3.05, 3.63) is 75.8 Å². The largest absolute Gasteiger partial charge is 0.495 e. The molecule has 1 heterocycles. The number of hydrogen-bond donors (Lipinski definition) is 1. The lowest BCUT2D eigenvalue weighted by atomic mass is 10.2. The number of amides is 1. The molecule has 3 rings (SSSR count). The molecular weight excluding hydrogens is 398 g/mol. The van der Waals surface area contributed by atoms with Crippen LogP contribution in [0, 0.1) is 6.92 Å². The number of halogens is 1. The van der Waals surface area contributed by atoms with Crippen molar-refractivity contribution in [2.24, 2.45) is 0 Å². The smallest absolute Gasteiger partial charge is 0.287 e. The molecule has 0 aliphatic rings. The van der Waals surface area contributed by atoms with Crippen molar-refractivity contribution in [1.29, 1.82) is 0 Å². The molecule has 1 amide bonds. The predicted octanol–water partition coefficient (Wildman–Crippen LogP) is 3.93. The van der Waals surface area contributed by atoms with E-state index in [4.69, 9.17) is 16.3 Å². The van der Waals surface area contributed by atoms with Crippen LogP contribution in [0.15, 0.2) is 64.7 Å². The Morgan fingerprint density at radius 1 is 1.29 bits per heavy atom. The topological polar surface area (TPSA) is 73.2 Å². The number of aromatic nitrogens is 2. The van der Waals surface area contributed by atoms with Gasteiger partial charge in [0.25, 0.3) is 5.56 Å². The highest BCUT2D eigenvalue weighted by Crippen LogP contribution is 2.28. The van der Waals surface area contributed by atoms with Crippen molar-refractivity contribution < 1.29 is 9.53 Å². The Hall–Kier alpha value is -2.77. The van der Waals surface area contributed by atoms with Gasteiger partial charge in [-0.25, -0.2) is 4.98 Å². The highest BCUT2D eigenvalue weighted by molar-refractivity contribution is 7.99. The highest BCUT2D eigenvalue weighted by atomic mass is 35.5. The number of anilines is 1. The number of hydrogen-bond acceptors (Lipinski definition) is 5. The Labute approximate surface area is 171 Å². The quantitative estimate of drug-likeness (QED) is 0.617. The van der Waals surface area contributed by atoms with Gasteiger partial charge in [-0.3, -0.25) is 14.2 Å².